The summed E-state index contributed by atoms with van der Waals surface area (Å²) in [5.41, 5.74) is 3.45. The molecule has 32 heavy (non-hydrogen) atoms. The van der Waals surface area contributed by atoms with Crippen LogP contribution in [-0.4, -0.2) is 37.3 Å². The fourth-order valence-electron chi connectivity index (χ4n) is 2.81. The van der Waals surface area contributed by atoms with Gasteiger partial charge in [0.1, 0.15) is 11.9 Å². The Bertz CT molecular complexity index is 929. The van der Waals surface area contributed by atoms with E-state index in [4.69, 9.17) is 9.47 Å². The van der Waals surface area contributed by atoms with Gasteiger partial charge in [0.25, 0.3) is 11.8 Å². The Morgan fingerprint density at radius 3 is 2.41 bits per heavy atom. The van der Waals surface area contributed by atoms with Crippen molar-refractivity contribution in [3.05, 3.63) is 59.4 Å². The Labute approximate surface area is 188 Å². The van der Waals surface area contributed by atoms with Crippen LogP contribution in [0.25, 0.3) is 0 Å². The summed E-state index contributed by atoms with van der Waals surface area (Å²) in [6.07, 6.45) is 2.37. The highest BCUT2D eigenvalue weighted by Gasteiger charge is 2.24. The van der Waals surface area contributed by atoms with Crippen molar-refractivity contribution >= 4 is 18.0 Å². The van der Waals surface area contributed by atoms with Crippen molar-refractivity contribution < 1.29 is 23.5 Å². The van der Waals surface area contributed by atoms with E-state index in [2.05, 4.69) is 15.8 Å². The van der Waals surface area contributed by atoms with Crippen LogP contribution >= 0.6 is 0 Å². The van der Waals surface area contributed by atoms with Gasteiger partial charge in [0.15, 0.2) is 11.5 Å². The number of benzene rings is 2. The largest absolute Gasteiger partial charge is 0.490 e. The number of ether oxygens (including phenoxy) is 2. The van der Waals surface area contributed by atoms with E-state index in [-0.39, 0.29) is 11.5 Å². The zero-order valence-corrected chi connectivity index (χ0v) is 18.9. The maximum absolute atomic E-state index is 13.1. The molecule has 1 unspecified atom stereocenters. The molecular weight excluding hydrogens is 413 g/mol. The molecule has 0 saturated heterocycles. The van der Waals surface area contributed by atoms with Crippen molar-refractivity contribution in [2.45, 2.75) is 40.2 Å². The summed E-state index contributed by atoms with van der Waals surface area (Å²) in [6.45, 7) is 8.60. The second-order valence-corrected chi connectivity index (χ2v) is 7.42. The van der Waals surface area contributed by atoms with Gasteiger partial charge in [-0.05, 0) is 67.3 Å². The lowest BCUT2D eigenvalue weighted by molar-refractivity contribution is -0.123. The van der Waals surface area contributed by atoms with Gasteiger partial charge in [0, 0.05) is 5.56 Å². The summed E-state index contributed by atoms with van der Waals surface area (Å²) in [6, 6.07) is 9.68. The number of nitrogens with zero attached hydrogens (tertiary/aromatic N) is 1. The van der Waals surface area contributed by atoms with Crippen LogP contribution in [-0.2, 0) is 4.79 Å². The van der Waals surface area contributed by atoms with Gasteiger partial charge in [-0.3, -0.25) is 9.59 Å². The summed E-state index contributed by atoms with van der Waals surface area (Å²) < 4.78 is 24.4. The molecule has 2 aromatic rings. The van der Waals surface area contributed by atoms with E-state index >= 15 is 0 Å². The number of rotatable bonds is 11. The Hall–Kier alpha value is -3.42. The first-order chi connectivity index (χ1) is 15.3. The molecule has 172 valence electrons. The average Bonchev–Trinajstić information content (AvgIpc) is 2.77. The quantitative estimate of drug-likeness (QED) is 0.407. The summed E-state index contributed by atoms with van der Waals surface area (Å²) in [5, 5.41) is 6.68. The van der Waals surface area contributed by atoms with Crippen molar-refractivity contribution in [3.8, 4) is 11.5 Å². The number of hydrogen-bond donors (Lipinski definition) is 2. The number of nitrogens with one attached hydrogen (secondary N) is 2. The Kier molecular flexibility index (Phi) is 9.66. The molecule has 2 rings (SSSR count). The first kappa shape index (κ1) is 24.8. The van der Waals surface area contributed by atoms with Crippen molar-refractivity contribution in [1.82, 2.24) is 10.7 Å². The molecule has 2 aromatic carbocycles. The zero-order valence-electron chi connectivity index (χ0n) is 18.9. The first-order valence-corrected chi connectivity index (χ1v) is 10.6. The SMILES string of the molecule is CCCOc1ccc(C=NNC(=O)C(NC(=O)c2ccc(F)cc2)C(C)C)cc1OCC. The topological polar surface area (TPSA) is 89.0 Å². The molecule has 1 atom stereocenters. The monoisotopic (exact) mass is 443 g/mol. The van der Waals surface area contributed by atoms with Crippen LogP contribution in [0.15, 0.2) is 47.6 Å². The highest BCUT2D eigenvalue weighted by atomic mass is 19.1. The average molecular weight is 444 g/mol. The minimum atomic E-state index is -0.812. The van der Waals surface area contributed by atoms with Crippen LogP contribution in [0, 0.1) is 11.7 Å². The molecule has 0 bridgehead atoms. The summed E-state index contributed by atoms with van der Waals surface area (Å²) in [5.74, 6) is -0.298. The van der Waals surface area contributed by atoms with Gasteiger partial charge in [0.05, 0.1) is 19.4 Å². The zero-order chi connectivity index (χ0) is 23.5. The van der Waals surface area contributed by atoms with Gasteiger partial charge in [0.2, 0.25) is 0 Å². The van der Waals surface area contributed by atoms with Crippen LogP contribution < -0.4 is 20.2 Å². The van der Waals surface area contributed by atoms with Crippen LogP contribution in [0.1, 0.15) is 50.0 Å². The lowest BCUT2D eigenvalue weighted by Gasteiger charge is -2.20. The fourth-order valence-corrected chi connectivity index (χ4v) is 2.81. The molecule has 2 amide bonds. The molecule has 0 heterocycles. The van der Waals surface area contributed by atoms with E-state index in [0.29, 0.717) is 30.3 Å². The third kappa shape index (κ3) is 7.37. The molecule has 0 saturated carbocycles. The number of amides is 2. The minimum Gasteiger partial charge on any atom is -0.490 e. The van der Waals surface area contributed by atoms with Gasteiger partial charge >= 0.3 is 0 Å². The maximum atomic E-state index is 13.1. The smallest absolute Gasteiger partial charge is 0.262 e. The highest BCUT2D eigenvalue weighted by molar-refractivity contribution is 5.97. The summed E-state index contributed by atoms with van der Waals surface area (Å²) in [4.78, 5) is 25.0. The molecule has 2 N–H and O–H groups in total. The second-order valence-electron chi connectivity index (χ2n) is 7.42. The van der Waals surface area contributed by atoms with E-state index in [1.54, 1.807) is 18.2 Å². The van der Waals surface area contributed by atoms with E-state index in [0.717, 1.165) is 6.42 Å². The van der Waals surface area contributed by atoms with Crippen LogP contribution in [0.3, 0.4) is 0 Å². The second kappa shape index (κ2) is 12.4. The van der Waals surface area contributed by atoms with Crippen molar-refractivity contribution in [3.63, 3.8) is 0 Å². The molecule has 0 aromatic heterocycles. The lowest BCUT2D eigenvalue weighted by Crippen LogP contribution is -2.48. The number of hydrazone groups is 1. The molecule has 0 aliphatic rings. The Balaban J connectivity index is 2.03. The number of hydrogen-bond acceptors (Lipinski definition) is 5. The van der Waals surface area contributed by atoms with E-state index in [1.165, 1.54) is 30.5 Å². The van der Waals surface area contributed by atoms with Gasteiger partial charge in [-0.15, -0.1) is 0 Å². The van der Waals surface area contributed by atoms with Crippen molar-refractivity contribution in [2.75, 3.05) is 13.2 Å². The molecule has 0 radical (unpaired) electrons. The molecule has 8 heteroatoms. The molecule has 7 nitrogen and oxygen atoms in total. The third-order valence-electron chi connectivity index (χ3n) is 4.46. The number of halogens is 1. The molecule has 0 aliphatic carbocycles. The van der Waals surface area contributed by atoms with E-state index in [9.17, 15) is 14.0 Å². The van der Waals surface area contributed by atoms with E-state index < -0.39 is 23.7 Å². The predicted molar refractivity (Wildman–Crippen MR) is 122 cm³/mol. The Morgan fingerprint density at radius 2 is 1.78 bits per heavy atom. The number of carbonyl (C=O) groups excluding carboxylic acids is 2. The van der Waals surface area contributed by atoms with Gasteiger partial charge in [-0.25, -0.2) is 9.82 Å². The standard InChI is InChI=1S/C24H30FN3O4/c1-5-13-32-20-12-7-17(14-21(20)31-6-2)15-26-28-24(30)22(16(3)4)27-23(29)18-8-10-19(25)11-9-18/h7-12,14-16,22H,5-6,13H2,1-4H3,(H,27,29)(H,28,30). The van der Waals surface area contributed by atoms with E-state index in [1.807, 2.05) is 27.7 Å². The van der Waals surface area contributed by atoms with Gasteiger partial charge in [-0.2, -0.15) is 5.10 Å². The van der Waals surface area contributed by atoms with Crippen molar-refractivity contribution in [2.24, 2.45) is 11.0 Å². The predicted octanol–water partition coefficient (Wildman–Crippen LogP) is 3.92. The van der Waals surface area contributed by atoms with Crippen molar-refractivity contribution in [1.29, 1.82) is 0 Å². The van der Waals surface area contributed by atoms with Crippen LogP contribution in [0.2, 0.25) is 0 Å². The van der Waals surface area contributed by atoms with Crippen LogP contribution in [0.4, 0.5) is 4.39 Å². The summed E-state index contributed by atoms with van der Waals surface area (Å²) >= 11 is 0. The number of carbonyl (C=O) groups is 2. The molecular formula is C24H30FN3O4. The summed E-state index contributed by atoms with van der Waals surface area (Å²) in [7, 11) is 0. The molecule has 0 fully saturated rings. The normalized spacial score (nSPS) is 11.9. The van der Waals surface area contributed by atoms with Gasteiger partial charge in [-0.1, -0.05) is 20.8 Å². The third-order valence-corrected chi connectivity index (χ3v) is 4.46. The maximum Gasteiger partial charge on any atom is 0.262 e. The minimum absolute atomic E-state index is 0.186. The Morgan fingerprint density at radius 1 is 1.06 bits per heavy atom. The first-order valence-electron chi connectivity index (χ1n) is 10.6. The fraction of sp³-hybridized carbons (Fsp3) is 0.375. The lowest BCUT2D eigenvalue weighted by atomic mass is 10.0. The highest BCUT2D eigenvalue weighted by Crippen LogP contribution is 2.28. The van der Waals surface area contributed by atoms with Crippen LogP contribution in [0.5, 0.6) is 11.5 Å². The molecule has 0 aliphatic heterocycles. The molecule has 0 spiro atoms. The van der Waals surface area contributed by atoms with Gasteiger partial charge < -0.3 is 14.8 Å².